The first-order valence-electron chi connectivity index (χ1n) is 7.06. The molecular weight excluding hydrogens is 250 g/mol. The van der Waals surface area contributed by atoms with Gasteiger partial charge in [-0.25, -0.2) is 0 Å². The normalized spacial score (nSPS) is 14.6. The first-order valence-corrected chi connectivity index (χ1v) is 7.06. The van der Waals surface area contributed by atoms with Gasteiger partial charge in [0, 0.05) is 19.6 Å². The molecule has 5 nitrogen and oxygen atoms in total. The zero-order chi connectivity index (χ0) is 13.8. The molecule has 20 heavy (non-hydrogen) atoms. The first-order chi connectivity index (χ1) is 9.83. The third-order valence-corrected chi connectivity index (χ3v) is 3.66. The van der Waals surface area contributed by atoms with Crippen LogP contribution in [0.5, 0.6) is 0 Å². The predicted octanol–water partition coefficient (Wildman–Crippen LogP) is 2.39. The maximum atomic E-state index is 4.54. The molecule has 104 valence electrons. The summed E-state index contributed by atoms with van der Waals surface area (Å²) >= 11 is 0. The van der Waals surface area contributed by atoms with E-state index in [1.54, 1.807) is 6.20 Å². The lowest BCUT2D eigenvalue weighted by Gasteiger charge is -2.15. The van der Waals surface area contributed by atoms with E-state index in [0.29, 0.717) is 0 Å². The Morgan fingerprint density at radius 1 is 1.20 bits per heavy atom. The summed E-state index contributed by atoms with van der Waals surface area (Å²) in [7, 11) is 0. The second-order valence-electron chi connectivity index (χ2n) is 5.12. The average molecular weight is 269 g/mol. The molecule has 1 aromatic heterocycles. The minimum absolute atomic E-state index is 0.734. The molecule has 3 rings (SSSR count). The number of nitrogens with one attached hydrogen (secondary N) is 1. The number of nitrogens with zero attached hydrogens (tertiary/aromatic N) is 4. The average Bonchev–Trinajstić information content (AvgIpc) is 3.01. The van der Waals surface area contributed by atoms with Crippen LogP contribution in [0.3, 0.4) is 0 Å². The third kappa shape index (κ3) is 2.87. The highest BCUT2D eigenvalue weighted by atomic mass is 15.3. The molecule has 0 spiro atoms. The minimum Gasteiger partial charge on any atom is -0.365 e. The van der Waals surface area contributed by atoms with E-state index in [4.69, 9.17) is 0 Å². The Morgan fingerprint density at radius 3 is 2.80 bits per heavy atom. The molecule has 1 aliphatic rings. The number of hydrogen-bond donors (Lipinski definition) is 1. The van der Waals surface area contributed by atoms with Crippen molar-refractivity contribution < 1.29 is 0 Å². The van der Waals surface area contributed by atoms with Gasteiger partial charge in [-0.1, -0.05) is 24.3 Å². The van der Waals surface area contributed by atoms with Crippen LogP contribution in [-0.4, -0.2) is 28.3 Å². The van der Waals surface area contributed by atoms with Crippen LogP contribution in [0.15, 0.2) is 30.5 Å². The monoisotopic (exact) mass is 269 g/mol. The lowest BCUT2D eigenvalue weighted by atomic mass is 10.1. The number of anilines is 2. The molecule has 0 amide bonds. The van der Waals surface area contributed by atoms with Crippen molar-refractivity contribution in [3.05, 3.63) is 41.6 Å². The fraction of sp³-hybridized carbons (Fsp3) is 0.400. The molecule has 2 aromatic rings. The molecule has 0 aliphatic carbocycles. The second-order valence-corrected chi connectivity index (χ2v) is 5.12. The van der Waals surface area contributed by atoms with Crippen molar-refractivity contribution >= 4 is 11.8 Å². The van der Waals surface area contributed by atoms with Gasteiger partial charge in [0.25, 0.3) is 0 Å². The van der Waals surface area contributed by atoms with Crippen LogP contribution in [-0.2, 0) is 6.54 Å². The van der Waals surface area contributed by atoms with Crippen molar-refractivity contribution in [1.82, 2.24) is 15.2 Å². The molecule has 1 aromatic carbocycles. The van der Waals surface area contributed by atoms with Gasteiger partial charge in [0.05, 0.1) is 6.20 Å². The van der Waals surface area contributed by atoms with E-state index in [2.05, 4.69) is 56.6 Å². The zero-order valence-corrected chi connectivity index (χ0v) is 11.7. The van der Waals surface area contributed by atoms with Crippen LogP contribution in [0, 0.1) is 6.92 Å². The number of benzene rings is 1. The highest BCUT2D eigenvalue weighted by molar-refractivity contribution is 5.40. The topological polar surface area (TPSA) is 53.9 Å². The van der Waals surface area contributed by atoms with Crippen molar-refractivity contribution in [3.63, 3.8) is 0 Å². The summed E-state index contributed by atoms with van der Waals surface area (Å²) in [5.41, 5.74) is 2.55. The molecule has 0 atom stereocenters. The molecule has 0 radical (unpaired) electrons. The third-order valence-electron chi connectivity index (χ3n) is 3.66. The summed E-state index contributed by atoms with van der Waals surface area (Å²) in [6, 6.07) is 8.34. The van der Waals surface area contributed by atoms with Gasteiger partial charge in [0.15, 0.2) is 5.82 Å². The van der Waals surface area contributed by atoms with Gasteiger partial charge >= 0.3 is 0 Å². The van der Waals surface area contributed by atoms with E-state index in [0.717, 1.165) is 31.4 Å². The molecular formula is C15H19N5. The quantitative estimate of drug-likeness (QED) is 0.923. The van der Waals surface area contributed by atoms with Crippen LogP contribution in [0.4, 0.5) is 11.8 Å². The predicted molar refractivity (Wildman–Crippen MR) is 79.8 cm³/mol. The maximum absolute atomic E-state index is 4.54. The summed E-state index contributed by atoms with van der Waals surface area (Å²) in [5.74, 6) is 1.52. The van der Waals surface area contributed by atoms with Crippen molar-refractivity contribution in [2.24, 2.45) is 0 Å². The second kappa shape index (κ2) is 5.86. The maximum Gasteiger partial charge on any atom is 0.247 e. The Labute approximate surface area is 119 Å². The summed E-state index contributed by atoms with van der Waals surface area (Å²) in [6.45, 7) is 4.93. The molecule has 5 heteroatoms. The van der Waals surface area contributed by atoms with Crippen LogP contribution in [0.2, 0.25) is 0 Å². The van der Waals surface area contributed by atoms with E-state index in [1.807, 2.05) is 0 Å². The largest absolute Gasteiger partial charge is 0.365 e. The standard InChI is InChI=1S/C15H19N5/c1-12-6-2-3-7-13(12)10-16-14-11-17-19-15(18-14)20-8-4-5-9-20/h2-3,6-7,11H,4-5,8-10H2,1H3,(H,16,18,19). The van der Waals surface area contributed by atoms with Crippen molar-refractivity contribution in [1.29, 1.82) is 0 Å². The Morgan fingerprint density at radius 2 is 2.00 bits per heavy atom. The Kier molecular flexibility index (Phi) is 3.76. The zero-order valence-electron chi connectivity index (χ0n) is 11.7. The SMILES string of the molecule is Cc1ccccc1CNc1cnnc(N2CCCC2)n1. The highest BCUT2D eigenvalue weighted by Gasteiger charge is 2.15. The molecule has 1 aliphatic heterocycles. The van der Waals surface area contributed by atoms with Crippen LogP contribution in [0.25, 0.3) is 0 Å². The highest BCUT2D eigenvalue weighted by Crippen LogP contribution is 2.16. The number of aromatic nitrogens is 3. The summed E-state index contributed by atoms with van der Waals surface area (Å²) in [5, 5.41) is 11.5. The number of aryl methyl sites for hydroxylation is 1. The smallest absolute Gasteiger partial charge is 0.247 e. The molecule has 0 bridgehead atoms. The lowest BCUT2D eigenvalue weighted by Crippen LogP contribution is -2.21. The Bertz CT molecular complexity index is 578. The molecule has 0 saturated carbocycles. The van der Waals surface area contributed by atoms with Crippen LogP contribution in [0.1, 0.15) is 24.0 Å². The van der Waals surface area contributed by atoms with Crippen molar-refractivity contribution in [2.75, 3.05) is 23.3 Å². The fourth-order valence-electron chi connectivity index (χ4n) is 2.42. The van der Waals surface area contributed by atoms with E-state index < -0.39 is 0 Å². The minimum atomic E-state index is 0.734. The van der Waals surface area contributed by atoms with E-state index >= 15 is 0 Å². The van der Waals surface area contributed by atoms with Crippen molar-refractivity contribution in [3.8, 4) is 0 Å². The van der Waals surface area contributed by atoms with Crippen LogP contribution < -0.4 is 10.2 Å². The van der Waals surface area contributed by atoms with Gasteiger partial charge < -0.3 is 10.2 Å². The number of rotatable bonds is 4. The first kappa shape index (κ1) is 12.8. The van der Waals surface area contributed by atoms with E-state index in [9.17, 15) is 0 Å². The van der Waals surface area contributed by atoms with Crippen LogP contribution >= 0.6 is 0 Å². The molecule has 0 unspecified atom stereocenters. The fourth-order valence-corrected chi connectivity index (χ4v) is 2.42. The van der Waals surface area contributed by atoms with Gasteiger partial charge in [-0.2, -0.15) is 10.1 Å². The Hall–Kier alpha value is -2.17. The van der Waals surface area contributed by atoms with Crippen molar-refractivity contribution in [2.45, 2.75) is 26.3 Å². The number of hydrogen-bond acceptors (Lipinski definition) is 5. The van der Waals surface area contributed by atoms with Gasteiger partial charge in [0.1, 0.15) is 0 Å². The lowest BCUT2D eigenvalue weighted by molar-refractivity contribution is 0.848. The van der Waals surface area contributed by atoms with Gasteiger partial charge in [-0.15, -0.1) is 5.10 Å². The summed E-state index contributed by atoms with van der Waals surface area (Å²) in [6.07, 6.45) is 4.10. The molecule has 1 saturated heterocycles. The van der Waals surface area contributed by atoms with E-state index in [1.165, 1.54) is 24.0 Å². The molecule has 1 N–H and O–H groups in total. The van der Waals surface area contributed by atoms with E-state index in [-0.39, 0.29) is 0 Å². The van der Waals surface area contributed by atoms with Gasteiger partial charge in [0.2, 0.25) is 5.95 Å². The summed E-state index contributed by atoms with van der Waals surface area (Å²) in [4.78, 5) is 6.73. The molecule has 1 fully saturated rings. The van der Waals surface area contributed by atoms with Gasteiger partial charge in [-0.05, 0) is 30.9 Å². The Balaban J connectivity index is 1.68. The molecule has 2 heterocycles. The summed E-state index contributed by atoms with van der Waals surface area (Å²) < 4.78 is 0. The van der Waals surface area contributed by atoms with Gasteiger partial charge in [-0.3, -0.25) is 0 Å².